The highest BCUT2D eigenvalue weighted by atomic mass is 32.1. The van der Waals surface area contributed by atoms with E-state index >= 15 is 0 Å². The van der Waals surface area contributed by atoms with Crippen LogP contribution in [0.2, 0.25) is 0 Å². The van der Waals surface area contributed by atoms with E-state index in [-0.39, 0.29) is 6.10 Å². The molecule has 0 amide bonds. The molecule has 1 atom stereocenters. The van der Waals surface area contributed by atoms with E-state index < -0.39 is 0 Å². The number of fused-ring (bicyclic) bond motifs is 1. The molecule has 2 rings (SSSR count). The fourth-order valence-corrected chi connectivity index (χ4v) is 3.05. The zero-order valence-electron chi connectivity index (χ0n) is 10.5. The summed E-state index contributed by atoms with van der Waals surface area (Å²) in [4.78, 5) is 0. The van der Waals surface area contributed by atoms with Crippen molar-refractivity contribution in [3.63, 3.8) is 0 Å². The number of hydrogen-bond donors (Lipinski definition) is 1. The predicted molar refractivity (Wildman–Crippen MR) is 75.6 cm³/mol. The van der Waals surface area contributed by atoms with Crippen LogP contribution in [0.25, 0.3) is 10.1 Å². The Morgan fingerprint density at radius 3 is 2.71 bits per heavy atom. The zero-order chi connectivity index (χ0) is 12.3. The fourth-order valence-electron chi connectivity index (χ4n) is 2.07. The molecule has 92 valence electrons. The smallest absolute Gasteiger partial charge is 0.0581 e. The molecule has 0 aliphatic heterocycles. The molecule has 0 spiro atoms. The van der Waals surface area contributed by atoms with Crippen LogP contribution in [0.5, 0.6) is 0 Å². The third kappa shape index (κ3) is 3.30. The monoisotopic (exact) mass is 248 g/mol. The quantitative estimate of drug-likeness (QED) is 0.839. The van der Waals surface area contributed by atoms with E-state index in [1.54, 1.807) is 11.3 Å². The molecule has 0 bridgehead atoms. The maximum Gasteiger partial charge on any atom is 0.0581 e. The summed E-state index contributed by atoms with van der Waals surface area (Å²) in [6, 6.07) is 8.43. The highest BCUT2D eigenvalue weighted by Gasteiger charge is 2.10. The van der Waals surface area contributed by atoms with Gasteiger partial charge in [-0.05, 0) is 47.6 Å². The van der Waals surface area contributed by atoms with E-state index in [0.717, 1.165) is 19.3 Å². The summed E-state index contributed by atoms with van der Waals surface area (Å²) in [6.45, 7) is 4.40. The van der Waals surface area contributed by atoms with Crippen LogP contribution in [-0.2, 0) is 6.42 Å². The third-order valence-corrected chi connectivity index (χ3v) is 4.11. The summed E-state index contributed by atoms with van der Waals surface area (Å²) < 4.78 is 1.32. The lowest BCUT2D eigenvalue weighted by atomic mass is 10.00. The van der Waals surface area contributed by atoms with Gasteiger partial charge in [0.2, 0.25) is 0 Å². The average Bonchev–Trinajstić information content (AvgIpc) is 2.70. The second kappa shape index (κ2) is 5.65. The molecule has 1 aromatic heterocycles. The van der Waals surface area contributed by atoms with Gasteiger partial charge in [-0.1, -0.05) is 32.0 Å². The van der Waals surface area contributed by atoms with Crippen molar-refractivity contribution in [2.75, 3.05) is 0 Å². The zero-order valence-corrected chi connectivity index (χ0v) is 11.3. The van der Waals surface area contributed by atoms with Gasteiger partial charge in [-0.15, -0.1) is 11.3 Å². The van der Waals surface area contributed by atoms with Crippen molar-refractivity contribution in [2.24, 2.45) is 5.92 Å². The first kappa shape index (κ1) is 12.6. The lowest BCUT2D eigenvalue weighted by Crippen LogP contribution is -2.11. The lowest BCUT2D eigenvalue weighted by molar-refractivity contribution is 0.157. The Balaban J connectivity index is 2.03. The Kier molecular flexibility index (Phi) is 4.19. The summed E-state index contributed by atoms with van der Waals surface area (Å²) in [7, 11) is 0. The van der Waals surface area contributed by atoms with E-state index in [4.69, 9.17) is 0 Å². The van der Waals surface area contributed by atoms with E-state index in [0.29, 0.717) is 5.92 Å². The van der Waals surface area contributed by atoms with Gasteiger partial charge >= 0.3 is 0 Å². The number of rotatable bonds is 5. The Bertz CT molecular complexity index is 472. The van der Waals surface area contributed by atoms with Crippen LogP contribution in [-0.4, -0.2) is 11.2 Å². The summed E-state index contributed by atoms with van der Waals surface area (Å²) in [6.07, 6.45) is 2.59. The number of benzene rings is 1. The molecule has 1 aromatic carbocycles. The number of hydrogen-bond acceptors (Lipinski definition) is 2. The summed E-state index contributed by atoms with van der Waals surface area (Å²) >= 11 is 1.77. The molecule has 0 aliphatic carbocycles. The fraction of sp³-hybridized carbons (Fsp3) is 0.467. The maximum atomic E-state index is 10.0. The summed E-state index contributed by atoms with van der Waals surface area (Å²) in [5.74, 6) is 0.670. The molecule has 0 radical (unpaired) electrons. The minimum atomic E-state index is -0.199. The second-order valence-electron chi connectivity index (χ2n) is 5.09. The normalized spacial score (nSPS) is 13.4. The van der Waals surface area contributed by atoms with Crippen LogP contribution in [0, 0.1) is 5.92 Å². The maximum absolute atomic E-state index is 10.0. The molecule has 2 heteroatoms. The van der Waals surface area contributed by atoms with Crippen LogP contribution in [0.3, 0.4) is 0 Å². The highest BCUT2D eigenvalue weighted by Crippen LogP contribution is 2.27. The standard InChI is InChI=1S/C15H20OS/c1-11(2)7-8-13(16)9-12-10-17-15-6-4-3-5-14(12)15/h3-6,10-11,13,16H,7-9H2,1-2H3. The van der Waals surface area contributed by atoms with Crippen LogP contribution in [0.1, 0.15) is 32.3 Å². The van der Waals surface area contributed by atoms with Gasteiger partial charge in [-0.3, -0.25) is 0 Å². The molecule has 0 fully saturated rings. The average molecular weight is 248 g/mol. The molecule has 0 aliphatic rings. The Morgan fingerprint density at radius 2 is 1.94 bits per heavy atom. The molecular weight excluding hydrogens is 228 g/mol. The summed E-state index contributed by atoms with van der Waals surface area (Å²) in [5.41, 5.74) is 1.29. The van der Waals surface area contributed by atoms with Crippen molar-refractivity contribution < 1.29 is 5.11 Å². The van der Waals surface area contributed by atoms with E-state index in [2.05, 4.69) is 43.5 Å². The number of thiophene rings is 1. The molecule has 2 aromatic rings. The third-order valence-electron chi connectivity index (χ3n) is 3.09. The van der Waals surface area contributed by atoms with Gasteiger partial charge in [-0.2, -0.15) is 0 Å². The molecule has 0 saturated heterocycles. The Labute approximate surface area is 107 Å². The van der Waals surface area contributed by atoms with Crippen molar-refractivity contribution in [3.05, 3.63) is 35.2 Å². The number of aliphatic hydroxyl groups is 1. The van der Waals surface area contributed by atoms with E-state index in [1.807, 2.05) is 0 Å². The van der Waals surface area contributed by atoms with Gasteiger partial charge < -0.3 is 5.11 Å². The van der Waals surface area contributed by atoms with Crippen molar-refractivity contribution in [3.8, 4) is 0 Å². The van der Waals surface area contributed by atoms with Gasteiger partial charge in [0.25, 0.3) is 0 Å². The largest absolute Gasteiger partial charge is 0.393 e. The van der Waals surface area contributed by atoms with Gasteiger partial charge in [0.15, 0.2) is 0 Å². The van der Waals surface area contributed by atoms with E-state index in [1.165, 1.54) is 15.6 Å². The molecule has 1 N–H and O–H groups in total. The van der Waals surface area contributed by atoms with Gasteiger partial charge in [0, 0.05) is 4.70 Å². The SMILES string of the molecule is CC(C)CCC(O)Cc1csc2ccccc12. The lowest BCUT2D eigenvalue weighted by Gasteiger charge is -2.11. The van der Waals surface area contributed by atoms with Crippen molar-refractivity contribution in [2.45, 2.75) is 39.2 Å². The second-order valence-corrected chi connectivity index (χ2v) is 6.00. The van der Waals surface area contributed by atoms with Crippen molar-refractivity contribution >= 4 is 21.4 Å². The first-order chi connectivity index (χ1) is 8.16. The van der Waals surface area contributed by atoms with Gasteiger partial charge in [-0.25, -0.2) is 0 Å². The van der Waals surface area contributed by atoms with Gasteiger partial charge in [0.1, 0.15) is 0 Å². The molecule has 1 unspecified atom stereocenters. The van der Waals surface area contributed by atoms with Crippen LogP contribution in [0.4, 0.5) is 0 Å². The molecular formula is C15H20OS. The minimum absolute atomic E-state index is 0.199. The van der Waals surface area contributed by atoms with Gasteiger partial charge in [0.05, 0.1) is 6.10 Å². The minimum Gasteiger partial charge on any atom is -0.393 e. The van der Waals surface area contributed by atoms with Crippen LogP contribution < -0.4 is 0 Å². The van der Waals surface area contributed by atoms with Crippen molar-refractivity contribution in [1.82, 2.24) is 0 Å². The molecule has 1 nitrogen and oxygen atoms in total. The molecule has 0 saturated carbocycles. The molecule has 1 heterocycles. The van der Waals surface area contributed by atoms with Crippen LogP contribution in [0.15, 0.2) is 29.6 Å². The topological polar surface area (TPSA) is 20.2 Å². The predicted octanol–water partition coefficient (Wildman–Crippen LogP) is 4.24. The van der Waals surface area contributed by atoms with Crippen LogP contribution >= 0.6 is 11.3 Å². The number of aliphatic hydroxyl groups excluding tert-OH is 1. The van der Waals surface area contributed by atoms with Crippen molar-refractivity contribution in [1.29, 1.82) is 0 Å². The molecule has 17 heavy (non-hydrogen) atoms. The Morgan fingerprint density at radius 1 is 1.18 bits per heavy atom. The summed E-state index contributed by atoms with van der Waals surface area (Å²) in [5, 5.41) is 13.5. The Hall–Kier alpha value is -0.860. The first-order valence-electron chi connectivity index (χ1n) is 6.30. The first-order valence-corrected chi connectivity index (χ1v) is 7.18. The highest BCUT2D eigenvalue weighted by molar-refractivity contribution is 7.17. The van der Waals surface area contributed by atoms with E-state index in [9.17, 15) is 5.11 Å².